The molecule has 1 aromatic carbocycles. The summed E-state index contributed by atoms with van der Waals surface area (Å²) in [6, 6.07) is 9.56. The Morgan fingerprint density at radius 3 is 2.38 bits per heavy atom. The van der Waals surface area contributed by atoms with Gasteiger partial charge in [-0.05, 0) is 50.1 Å². The predicted molar refractivity (Wildman–Crippen MR) is 91.3 cm³/mol. The number of carbonyl (C=O) groups excluding carboxylic acids is 1. The van der Waals surface area contributed by atoms with Crippen molar-refractivity contribution in [3.8, 4) is 0 Å². The number of amides is 1. The van der Waals surface area contributed by atoms with Gasteiger partial charge in [0, 0.05) is 21.9 Å². The lowest BCUT2D eigenvalue weighted by atomic mass is 10.1. The van der Waals surface area contributed by atoms with E-state index in [9.17, 15) is 4.79 Å². The molecule has 3 N–H and O–H groups in total. The van der Waals surface area contributed by atoms with Gasteiger partial charge in [0.25, 0.3) is 5.91 Å². The monoisotopic (exact) mass is 324 g/mol. The van der Waals surface area contributed by atoms with E-state index in [1.54, 1.807) is 11.3 Å². The Labute approximate surface area is 136 Å². The molecule has 1 atom stereocenters. The van der Waals surface area contributed by atoms with Gasteiger partial charge in [-0.1, -0.05) is 12.1 Å². The molecule has 2 aromatic rings. The summed E-state index contributed by atoms with van der Waals surface area (Å²) in [5.41, 5.74) is 8.44. The van der Waals surface area contributed by atoms with Gasteiger partial charge in [0.2, 0.25) is 0 Å². The van der Waals surface area contributed by atoms with Gasteiger partial charge in [0.15, 0.2) is 0 Å². The van der Waals surface area contributed by atoms with Crippen molar-refractivity contribution in [3.63, 3.8) is 0 Å². The number of thiophene rings is 1. The van der Waals surface area contributed by atoms with Crippen LogP contribution in [0.2, 0.25) is 0 Å². The Hall–Kier alpha value is -1.36. The minimum atomic E-state index is -0.0516. The number of nitrogens with two attached hydrogens (primary N) is 1. The highest BCUT2D eigenvalue weighted by Gasteiger charge is 2.14. The fourth-order valence-electron chi connectivity index (χ4n) is 2.23. The summed E-state index contributed by atoms with van der Waals surface area (Å²) in [7, 11) is 0. The van der Waals surface area contributed by atoms with Gasteiger partial charge < -0.3 is 11.1 Å². The van der Waals surface area contributed by atoms with E-state index < -0.39 is 0 Å². The van der Waals surface area contributed by atoms with Crippen LogP contribution in [0.15, 0.2) is 30.3 Å². The average molecular weight is 325 g/mol. The summed E-state index contributed by atoms with van der Waals surface area (Å²) in [6.07, 6.45) is 0. The largest absolute Gasteiger partial charge is 0.345 e. The molecule has 1 heterocycles. The van der Waals surface area contributed by atoms with Gasteiger partial charge >= 0.3 is 0 Å². The molecule has 0 fully saturated rings. The van der Waals surface area contributed by atoms with Crippen LogP contribution in [0.3, 0.4) is 0 Å². The van der Waals surface area contributed by atoms with Crippen LogP contribution in [0, 0.1) is 13.8 Å². The third-order valence-corrected chi connectivity index (χ3v) is 4.33. The quantitative estimate of drug-likeness (QED) is 0.900. The van der Waals surface area contributed by atoms with Gasteiger partial charge in [-0.3, -0.25) is 4.79 Å². The minimum absolute atomic E-state index is 0. The van der Waals surface area contributed by atoms with E-state index in [2.05, 4.69) is 25.2 Å². The molecule has 21 heavy (non-hydrogen) atoms. The number of benzene rings is 1. The number of halogens is 1. The van der Waals surface area contributed by atoms with E-state index in [-0.39, 0.29) is 24.4 Å². The van der Waals surface area contributed by atoms with E-state index >= 15 is 0 Å². The van der Waals surface area contributed by atoms with Crippen LogP contribution in [-0.4, -0.2) is 5.91 Å². The normalized spacial score (nSPS) is 11.6. The van der Waals surface area contributed by atoms with Crippen LogP contribution >= 0.6 is 23.7 Å². The molecule has 0 bridgehead atoms. The average Bonchev–Trinajstić information content (AvgIpc) is 2.78. The SMILES string of the molecule is Cc1cc(C(C)NC(=O)c2ccc(CN)cc2)c(C)s1.Cl. The Kier molecular flexibility index (Phi) is 6.40. The Morgan fingerprint density at radius 1 is 1.29 bits per heavy atom. The molecular weight excluding hydrogens is 304 g/mol. The molecule has 0 aliphatic carbocycles. The second-order valence-corrected chi connectivity index (χ2v) is 6.43. The van der Waals surface area contributed by atoms with Crippen molar-refractivity contribution in [2.45, 2.75) is 33.4 Å². The van der Waals surface area contributed by atoms with Crippen LogP contribution in [0.5, 0.6) is 0 Å². The first-order valence-electron chi connectivity index (χ1n) is 6.68. The van der Waals surface area contributed by atoms with Gasteiger partial charge in [0.05, 0.1) is 6.04 Å². The van der Waals surface area contributed by atoms with Crippen LogP contribution in [0.25, 0.3) is 0 Å². The zero-order chi connectivity index (χ0) is 14.7. The third kappa shape index (κ3) is 4.30. The third-order valence-electron chi connectivity index (χ3n) is 3.35. The summed E-state index contributed by atoms with van der Waals surface area (Å²) < 4.78 is 0. The molecule has 1 unspecified atom stereocenters. The maximum absolute atomic E-state index is 12.2. The van der Waals surface area contributed by atoms with Crippen LogP contribution in [0.1, 0.15) is 44.2 Å². The van der Waals surface area contributed by atoms with Crippen molar-refractivity contribution >= 4 is 29.7 Å². The highest BCUT2D eigenvalue weighted by Crippen LogP contribution is 2.26. The standard InChI is InChI=1S/C16H20N2OS.ClH/c1-10-8-15(12(3)20-10)11(2)18-16(19)14-6-4-13(9-17)5-7-14;/h4-8,11H,9,17H2,1-3H3,(H,18,19);1H. The molecule has 2 rings (SSSR count). The van der Waals surface area contributed by atoms with Crippen molar-refractivity contribution < 1.29 is 4.79 Å². The first kappa shape index (κ1) is 17.7. The number of carbonyl (C=O) groups is 1. The topological polar surface area (TPSA) is 55.1 Å². The predicted octanol–water partition coefficient (Wildman–Crippen LogP) is 3.74. The molecule has 3 nitrogen and oxygen atoms in total. The fourth-order valence-corrected chi connectivity index (χ4v) is 3.25. The van der Waals surface area contributed by atoms with Crippen LogP contribution < -0.4 is 11.1 Å². The van der Waals surface area contributed by atoms with Gasteiger partial charge in [0.1, 0.15) is 0 Å². The highest BCUT2D eigenvalue weighted by atomic mass is 35.5. The van der Waals surface area contributed by atoms with E-state index in [0.29, 0.717) is 12.1 Å². The Bertz CT molecular complexity index is 607. The number of nitrogens with one attached hydrogen (secondary N) is 1. The molecule has 114 valence electrons. The molecule has 0 aliphatic heterocycles. The van der Waals surface area contributed by atoms with Crippen molar-refractivity contribution in [3.05, 3.63) is 56.8 Å². The van der Waals surface area contributed by atoms with E-state index in [1.165, 1.54) is 15.3 Å². The lowest BCUT2D eigenvalue weighted by molar-refractivity contribution is 0.0940. The molecule has 1 amide bonds. The second-order valence-electron chi connectivity index (χ2n) is 4.96. The molecule has 0 aliphatic rings. The number of hydrogen-bond acceptors (Lipinski definition) is 3. The van der Waals surface area contributed by atoms with E-state index in [1.807, 2.05) is 31.2 Å². The fraction of sp³-hybridized carbons (Fsp3) is 0.312. The summed E-state index contributed by atoms with van der Waals surface area (Å²) in [5.74, 6) is -0.0516. The van der Waals surface area contributed by atoms with E-state index in [0.717, 1.165) is 5.56 Å². The van der Waals surface area contributed by atoms with E-state index in [4.69, 9.17) is 5.73 Å². The molecule has 0 saturated carbocycles. The maximum atomic E-state index is 12.2. The first-order valence-corrected chi connectivity index (χ1v) is 7.49. The lowest BCUT2D eigenvalue weighted by Gasteiger charge is -2.14. The summed E-state index contributed by atoms with van der Waals surface area (Å²) in [4.78, 5) is 14.7. The maximum Gasteiger partial charge on any atom is 0.251 e. The first-order chi connectivity index (χ1) is 9.51. The van der Waals surface area contributed by atoms with Gasteiger partial charge in [-0.2, -0.15) is 0 Å². The minimum Gasteiger partial charge on any atom is -0.345 e. The number of rotatable bonds is 4. The molecule has 1 aromatic heterocycles. The number of hydrogen-bond donors (Lipinski definition) is 2. The summed E-state index contributed by atoms with van der Waals surface area (Å²) in [5, 5.41) is 3.04. The lowest BCUT2D eigenvalue weighted by Crippen LogP contribution is -2.26. The molecule has 0 saturated heterocycles. The molecule has 5 heteroatoms. The summed E-state index contributed by atoms with van der Waals surface area (Å²) >= 11 is 1.76. The Morgan fingerprint density at radius 2 is 1.90 bits per heavy atom. The van der Waals surface area contributed by atoms with Crippen LogP contribution in [0.4, 0.5) is 0 Å². The molecular formula is C16H21ClN2OS. The second kappa shape index (κ2) is 7.59. The number of aryl methyl sites for hydroxylation is 2. The van der Waals surface area contributed by atoms with Crippen molar-refractivity contribution in [2.24, 2.45) is 5.73 Å². The Balaban J connectivity index is 0.00000220. The smallest absolute Gasteiger partial charge is 0.251 e. The zero-order valence-electron chi connectivity index (χ0n) is 12.5. The van der Waals surface area contributed by atoms with Gasteiger partial charge in [-0.25, -0.2) is 0 Å². The van der Waals surface area contributed by atoms with Crippen molar-refractivity contribution in [1.29, 1.82) is 0 Å². The van der Waals surface area contributed by atoms with Crippen molar-refractivity contribution in [2.75, 3.05) is 0 Å². The zero-order valence-corrected chi connectivity index (χ0v) is 14.1. The molecule has 0 spiro atoms. The summed E-state index contributed by atoms with van der Waals surface area (Å²) in [6.45, 7) is 6.68. The van der Waals surface area contributed by atoms with Gasteiger partial charge in [-0.15, -0.1) is 23.7 Å². The highest BCUT2D eigenvalue weighted by molar-refractivity contribution is 7.12. The van der Waals surface area contributed by atoms with Crippen LogP contribution in [-0.2, 0) is 6.54 Å². The molecule has 0 radical (unpaired) electrons. The van der Waals surface area contributed by atoms with Crippen molar-refractivity contribution in [1.82, 2.24) is 5.32 Å².